The van der Waals surface area contributed by atoms with Gasteiger partial charge in [0.05, 0.1) is 17.2 Å². The van der Waals surface area contributed by atoms with Crippen LogP contribution in [0.25, 0.3) is 10.9 Å². The maximum Gasteiger partial charge on any atom is 0.261 e. The molecule has 0 amide bonds. The third-order valence-electron chi connectivity index (χ3n) is 3.78. The number of fused-ring (bicyclic) bond motifs is 1. The second-order valence-corrected chi connectivity index (χ2v) is 5.33. The number of nitrogens with zero attached hydrogens (tertiary/aromatic N) is 3. The van der Waals surface area contributed by atoms with E-state index in [4.69, 9.17) is 0 Å². The molecule has 0 saturated carbocycles. The standard InChI is InChI=1S/C17H17N3O/c1-12-4-3-5-15-16(12)17(21)20(11-19-15)13(2)10-14-6-8-18-9-7-14/h3-9,11,13H,10H2,1-2H3/t13-/m1/s1. The summed E-state index contributed by atoms with van der Waals surface area (Å²) in [6.45, 7) is 3.98. The highest BCUT2D eigenvalue weighted by Crippen LogP contribution is 2.15. The van der Waals surface area contributed by atoms with Crippen LogP contribution in [0.5, 0.6) is 0 Å². The summed E-state index contributed by atoms with van der Waals surface area (Å²) in [5.74, 6) is 0. The largest absolute Gasteiger partial charge is 0.296 e. The average molecular weight is 279 g/mol. The number of aromatic nitrogens is 3. The van der Waals surface area contributed by atoms with Gasteiger partial charge in [-0.3, -0.25) is 14.3 Å². The van der Waals surface area contributed by atoms with Crippen molar-refractivity contribution in [2.45, 2.75) is 26.3 Å². The first-order chi connectivity index (χ1) is 10.2. The molecule has 21 heavy (non-hydrogen) atoms. The third-order valence-corrected chi connectivity index (χ3v) is 3.78. The van der Waals surface area contributed by atoms with Gasteiger partial charge in [0.25, 0.3) is 5.56 Å². The van der Waals surface area contributed by atoms with Crippen molar-refractivity contribution in [3.8, 4) is 0 Å². The minimum Gasteiger partial charge on any atom is -0.296 e. The predicted molar refractivity (Wildman–Crippen MR) is 83.4 cm³/mol. The fourth-order valence-electron chi connectivity index (χ4n) is 2.62. The van der Waals surface area contributed by atoms with Crippen LogP contribution in [0.15, 0.2) is 53.8 Å². The third kappa shape index (κ3) is 2.57. The molecule has 3 rings (SSSR count). The number of hydrogen-bond acceptors (Lipinski definition) is 3. The molecule has 0 radical (unpaired) electrons. The second-order valence-electron chi connectivity index (χ2n) is 5.33. The van der Waals surface area contributed by atoms with Gasteiger partial charge in [-0.25, -0.2) is 4.98 Å². The zero-order valence-corrected chi connectivity index (χ0v) is 12.2. The molecule has 4 heteroatoms. The summed E-state index contributed by atoms with van der Waals surface area (Å²) < 4.78 is 1.72. The van der Waals surface area contributed by atoms with E-state index < -0.39 is 0 Å². The molecule has 2 heterocycles. The number of pyridine rings is 1. The Kier molecular flexibility index (Phi) is 3.52. The predicted octanol–water partition coefficient (Wildman–Crippen LogP) is 2.90. The molecule has 3 aromatic rings. The molecular weight excluding hydrogens is 262 g/mol. The molecule has 0 saturated heterocycles. The highest BCUT2D eigenvalue weighted by atomic mass is 16.1. The number of rotatable bonds is 3. The van der Waals surface area contributed by atoms with Gasteiger partial charge in [0, 0.05) is 18.4 Å². The van der Waals surface area contributed by atoms with Crippen LogP contribution in [0.4, 0.5) is 0 Å². The van der Waals surface area contributed by atoms with E-state index in [1.165, 1.54) is 0 Å². The Hall–Kier alpha value is -2.49. The van der Waals surface area contributed by atoms with Crippen molar-refractivity contribution < 1.29 is 0 Å². The SMILES string of the molecule is Cc1cccc2ncn([C@H](C)Cc3ccncc3)c(=O)c12. The van der Waals surface area contributed by atoms with Crippen LogP contribution in [0.3, 0.4) is 0 Å². The molecule has 0 aliphatic carbocycles. The van der Waals surface area contributed by atoms with Gasteiger partial charge in [0.15, 0.2) is 0 Å². The van der Waals surface area contributed by atoms with Crippen LogP contribution in [0, 0.1) is 6.92 Å². The quantitative estimate of drug-likeness (QED) is 0.740. The Bertz CT molecular complexity index is 824. The summed E-state index contributed by atoms with van der Waals surface area (Å²) in [5, 5.41) is 0.710. The molecule has 0 aliphatic rings. The van der Waals surface area contributed by atoms with E-state index in [1.807, 2.05) is 44.2 Å². The van der Waals surface area contributed by atoms with Crippen LogP contribution in [0.2, 0.25) is 0 Å². The van der Waals surface area contributed by atoms with Gasteiger partial charge < -0.3 is 0 Å². The topological polar surface area (TPSA) is 47.8 Å². The molecule has 4 nitrogen and oxygen atoms in total. The smallest absolute Gasteiger partial charge is 0.261 e. The van der Waals surface area contributed by atoms with Crippen LogP contribution < -0.4 is 5.56 Å². The van der Waals surface area contributed by atoms with Crippen LogP contribution in [0.1, 0.15) is 24.1 Å². The summed E-state index contributed by atoms with van der Waals surface area (Å²) >= 11 is 0. The minimum atomic E-state index is 0.0275. The van der Waals surface area contributed by atoms with Crippen molar-refractivity contribution in [3.05, 3.63) is 70.5 Å². The van der Waals surface area contributed by atoms with E-state index in [1.54, 1.807) is 23.3 Å². The summed E-state index contributed by atoms with van der Waals surface area (Å²) in [6.07, 6.45) is 5.97. The Morgan fingerprint density at radius 1 is 1.19 bits per heavy atom. The fraction of sp³-hybridized carbons (Fsp3) is 0.235. The molecule has 0 unspecified atom stereocenters. The van der Waals surface area contributed by atoms with Crippen molar-refractivity contribution in [1.82, 2.24) is 14.5 Å². The summed E-state index contributed by atoms with van der Waals surface area (Å²) in [5.41, 5.74) is 2.91. The monoisotopic (exact) mass is 279 g/mol. The lowest BCUT2D eigenvalue weighted by Crippen LogP contribution is -2.25. The molecule has 0 N–H and O–H groups in total. The maximum atomic E-state index is 12.7. The zero-order valence-electron chi connectivity index (χ0n) is 12.2. The van der Waals surface area contributed by atoms with E-state index in [0.717, 1.165) is 23.1 Å². The maximum absolute atomic E-state index is 12.7. The summed E-state index contributed by atoms with van der Waals surface area (Å²) in [6, 6.07) is 9.75. The Labute approximate surface area is 123 Å². The lowest BCUT2D eigenvalue weighted by Gasteiger charge is -2.15. The molecule has 106 valence electrons. The summed E-state index contributed by atoms with van der Waals surface area (Å²) in [7, 11) is 0. The first kappa shape index (κ1) is 13.5. The van der Waals surface area contributed by atoms with E-state index in [9.17, 15) is 4.79 Å². The highest BCUT2D eigenvalue weighted by molar-refractivity contribution is 5.80. The number of benzene rings is 1. The van der Waals surface area contributed by atoms with Crippen molar-refractivity contribution in [2.75, 3.05) is 0 Å². The fourth-order valence-corrected chi connectivity index (χ4v) is 2.62. The minimum absolute atomic E-state index is 0.0275. The van der Waals surface area contributed by atoms with Crippen molar-refractivity contribution in [2.24, 2.45) is 0 Å². The van der Waals surface area contributed by atoms with Crippen molar-refractivity contribution in [3.63, 3.8) is 0 Å². The van der Waals surface area contributed by atoms with E-state index in [2.05, 4.69) is 9.97 Å². The normalized spacial score (nSPS) is 12.5. The molecule has 0 aliphatic heterocycles. The summed E-state index contributed by atoms with van der Waals surface area (Å²) in [4.78, 5) is 21.1. The number of hydrogen-bond donors (Lipinski definition) is 0. The number of aryl methyl sites for hydroxylation is 1. The van der Waals surface area contributed by atoms with Gasteiger partial charge in [-0.15, -0.1) is 0 Å². The lowest BCUT2D eigenvalue weighted by atomic mass is 10.1. The molecule has 0 fully saturated rings. The highest BCUT2D eigenvalue weighted by Gasteiger charge is 2.12. The second kappa shape index (κ2) is 5.48. The van der Waals surface area contributed by atoms with Crippen molar-refractivity contribution in [1.29, 1.82) is 0 Å². The molecule has 1 atom stereocenters. The van der Waals surface area contributed by atoms with Gasteiger partial charge in [0.2, 0.25) is 0 Å². The molecule has 2 aromatic heterocycles. The first-order valence-corrected chi connectivity index (χ1v) is 7.02. The average Bonchev–Trinajstić information content (AvgIpc) is 2.48. The van der Waals surface area contributed by atoms with Crippen molar-refractivity contribution >= 4 is 10.9 Å². The van der Waals surface area contributed by atoms with Crippen LogP contribution in [-0.4, -0.2) is 14.5 Å². The Balaban J connectivity index is 2.03. The van der Waals surface area contributed by atoms with E-state index in [-0.39, 0.29) is 11.6 Å². The van der Waals surface area contributed by atoms with Gasteiger partial charge in [-0.1, -0.05) is 12.1 Å². The molecular formula is C17H17N3O. The van der Waals surface area contributed by atoms with Gasteiger partial charge >= 0.3 is 0 Å². The van der Waals surface area contributed by atoms with Gasteiger partial charge in [-0.2, -0.15) is 0 Å². The van der Waals surface area contributed by atoms with Crippen LogP contribution >= 0.6 is 0 Å². The lowest BCUT2D eigenvalue weighted by molar-refractivity contribution is 0.523. The molecule has 1 aromatic carbocycles. The first-order valence-electron chi connectivity index (χ1n) is 7.02. The molecule has 0 bridgehead atoms. The van der Waals surface area contributed by atoms with Crippen LogP contribution in [-0.2, 0) is 6.42 Å². The van der Waals surface area contributed by atoms with Gasteiger partial charge in [-0.05, 0) is 49.6 Å². The Morgan fingerprint density at radius 3 is 2.71 bits per heavy atom. The molecule has 0 spiro atoms. The van der Waals surface area contributed by atoms with E-state index in [0.29, 0.717) is 5.39 Å². The van der Waals surface area contributed by atoms with Gasteiger partial charge in [0.1, 0.15) is 0 Å². The van der Waals surface area contributed by atoms with E-state index >= 15 is 0 Å². The zero-order chi connectivity index (χ0) is 14.8. The Morgan fingerprint density at radius 2 is 1.95 bits per heavy atom.